The second kappa shape index (κ2) is 7.28. The average Bonchev–Trinajstić information content (AvgIpc) is 2.58. The van der Waals surface area contributed by atoms with Gasteiger partial charge in [0.2, 0.25) is 0 Å². The minimum absolute atomic E-state index is 0.00826. The highest BCUT2D eigenvalue weighted by Crippen LogP contribution is 2.32. The maximum absolute atomic E-state index is 12.9. The van der Waals surface area contributed by atoms with Crippen LogP contribution in [-0.4, -0.2) is 38.9 Å². The van der Waals surface area contributed by atoms with Crippen LogP contribution in [-0.2, 0) is 6.18 Å². The highest BCUT2D eigenvalue weighted by molar-refractivity contribution is 6.31. The molecule has 2 aromatic rings. The molecule has 26 heavy (non-hydrogen) atoms. The maximum Gasteiger partial charge on any atom is 0.416 e. The zero-order valence-corrected chi connectivity index (χ0v) is 14.3. The lowest BCUT2D eigenvalue weighted by Gasteiger charge is -2.25. The number of aromatic nitrogens is 2. The van der Waals surface area contributed by atoms with E-state index in [1.807, 2.05) is 0 Å². The Balaban J connectivity index is 2.39. The maximum atomic E-state index is 12.9. The summed E-state index contributed by atoms with van der Waals surface area (Å²) in [4.78, 5) is 32.5. The number of carbonyl (C=O) groups is 2. The number of rotatable bonds is 4. The van der Waals surface area contributed by atoms with Crippen LogP contribution in [0.3, 0.4) is 0 Å². The van der Waals surface area contributed by atoms with Gasteiger partial charge in [-0.3, -0.25) is 9.78 Å². The van der Waals surface area contributed by atoms with Crippen molar-refractivity contribution in [3.8, 4) is 0 Å². The molecule has 0 spiro atoms. The topological polar surface area (TPSA) is 83.4 Å². The SMILES string of the molecule is CC(c1nccnc1C(=O)O)N(C)C(=O)c1cc(Cl)cc(C(F)(F)F)c1. The predicted molar refractivity (Wildman–Crippen MR) is 86.0 cm³/mol. The molecule has 0 bridgehead atoms. The Hall–Kier alpha value is -2.68. The summed E-state index contributed by atoms with van der Waals surface area (Å²) in [6.07, 6.45) is -2.21. The highest BCUT2D eigenvalue weighted by atomic mass is 35.5. The number of carbonyl (C=O) groups excluding carboxylic acids is 1. The molecule has 0 aliphatic rings. The van der Waals surface area contributed by atoms with Crippen LogP contribution in [0.2, 0.25) is 5.02 Å². The molecule has 1 aromatic heterocycles. The molecule has 138 valence electrons. The predicted octanol–water partition coefficient (Wildman–Crippen LogP) is 3.68. The molecule has 10 heteroatoms. The Morgan fingerprint density at radius 2 is 1.81 bits per heavy atom. The lowest BCUT2D eigenvalue weighted by molar-refractivity contribution is -0.137. The van der Waals surface area contributed by atoms with E-state index in [1.165, 1.54) is 26.4 Å². The molecule has 6 nitrogen and oxygen atoms in total. The lowest BCUT2D eigenvalue weighted by Crippen LogP contribution is -2.31. The van der Waals surface area contributed by atoms with Crippen LogP contribution in [0, 0.1) is 0 Å². The Morgan fingerprint density at radius 1 is 1.19 bits per heavy atom. The van der Waals surface area contributed by atoms with Crippen molar-refractivity contribution in [1.29, 1.82) is 0 Å². The minimum Gasteiger partial charge on any atom is -0.476 e. The lowest BCUT2D eigenvalue weighted by atomic mass is 10.1. The molecule has 0 radical (unpaired) electrons. The van der Waals surface area contributed by atoms with Crippen molar-refractivity contribution in [2.24, 2.45) is 0 Å². The number of nitrogens with zero attached hydrogens (tertiary/aromatic N) is 3. The number of amides is 1. The van der Waals surface area contributed by atoms with Gasteiger partial charge in [0.1, 0.15) is 0 Å². The number of carboxylic acid groups (broad SMARTS) is 1. The van der Waals surface area contributed by atoms with E-state index >= 15 is 0 Å². The summed E-state index contributed by atoms with van der Waals surface area (Å²) in [7, 11) is 1.32. The molecule has 1 unspecified atom stereocenters. The molecule has 1 aromatic carbocycles. The van der Waals surface area contributed by atoms with Crippen LogP contribution in [0.5, 0.6) is 0 Å². The van der Waals surface area contributed by atoms with Crippen molar-refractivity contribution >= 4 is 23.5 Å². The summed E-state index contributed by atoms with van der Waals surface area (Å²) in [6.45, 7) is 1.49. The third-order valence-electron chi connectivity index (χ3n) is 3.70. The van der Waals surface area contributed by atoms with E-state index in [-0.39, 0.29) is 22.0 Å². The fourth-order valence-electron chi connectivity index (χ4n) is 2.26. The monoisotopic (exact) mass is 387 g/mol. The standard InChI is InChI=1S/C16H13ClF3N3O3/c1-8(12-13(15(25)26)22-4-3-21-12)23(2)14(24)9-5-10(16(18,19)20)7-11(17)6-9/h3-8H,1-2H3,(H,25,26). The largest absolute Gasteiger partial charge is 0.476 e. The number of aromatic carboxylic acids is 1. The van der Waals surface area contributed by atoms with Crippen molar-refractivity contribution in [3.05, 3.63) is 58.1 Å². The molecule has 1 heterocycles. The number of hydrogen-bond donors (Lipinski definition) is 1. The summed E-state index contributed by atoms with van der Waals surface area (Å²) in [5.74, 6) is -2.10. The molecule has 0 saturated carbocycles. The van der Waals surface area contributed by atoms with Gasteiger partial charge in [-0.15, -0.1) is 0 Å². The highest BCUT2D eigenvalue weighted by Gasteiger charge is 2.33. The van der Waals surface area contributed by atoms with Gasteiger partial charge in [-0.05, 0) is 25.1 Å². The summed E-state index contributed by atoms with van der Waals surface area (Å²) in [6, 6.07) is 1.66. The van der Waals surface area contributed by atoms with E-state index in [0.29, 0.717) is 12.1 Å². The number of alkyl halides is 3. The van der Waals surface area contributed by atoms with E-state index in [0.717, 1.165) is 11.0 Å². The number of carboxylic acids is 1. The zero-order valence-electron chi connectivity index (χ0n) is 13.6. The number of hydrogen-bond acceptors (Lipinski definition) is 4. The summed E-state index contributed by atoms with van der Waals surface area (Å²) >= 11 is 5.70. The second-order valence-corrected chi connectivity index (χ2v) is 5.85. The summed E-state index contributed by atoms with van der Waals surface area (Å²) in [5.41, 5.74) is -1.67. The molecular weight excluding hydrogens is 375 g/mol. The summed E-state index contributed by atoms with van der Waals surface area (Å²) < 4.78 is 38.7. The van der Waals surface area contributed by atoms with E-state index < -0.39 is 29.7 Å². The minimum atomic E-state index is -4.66. The van der Waals surface area contributed by atoms with E-state index in [9.17, 15) is 22.8 Å². The van der Waals surface area contributed by atoms with Crippen LogP contribution in [0.15, 0.2) is 30.6 Å². The van der Waals surface area contributed by atoms with Gasteiger partial charge in [-0.1, -0.05) is 11.6 Å². The fourth-order valence-corrected chi connectivity index (χ4v) is 2.49. The Bertz CT molecular complexity index is 858. The van der Waals surface area contributed by atoms with Gasteiger partial charge in [-0.25, -0.2) is 9.78 Å². The molecule has 1 amide bonds. The molecule has 0 aliphatic carbocycles. The van der Waals surface area contributed by atoms with Gasteiger partial charge in [0.25, 0.3) is 5.91 Å². The second-order valence-electron chi connectivity index (χ2n) is 5.41. The van der Waals surface area contributed by atoms with Gasteiger partial charge in [0.15, 0.2) is 5.69 Å². The van der Waals surface area contributed by atoms with Crippen LogP contribution in [0.25, 0.3) is 0 Å². The Kier molecular flexibility index (Phi) is 5.50. The first-order valence-electron chi connectivity index (χ1n) is 7.21. The van der Waals surface area contributed by atoms with Crippen molar-refractivity contribution in [2.45, 2.75) is 19.1 Å². The Labute approximate surface area is 151 Å². The Morgan fingerprint density at radius 3 is 2.38 bits per heavy atom. The molecular formula is C16H13ClF3N3O3. The third-order valence-corrected chi connectivity index (χ3v) is 3.92. The molecule has 2 rings (SSSR count). The van der Waals surface area contributed by atoms with Gasteiger partial charge < -0.3 is 10.0 Å². The zero-order chi connectivity index (χ0) is 19.6. The van der Waals surface area contributed by atoms with E-state index in [2.05, 4.69) is 9.97 Å². The van der Waals surface area contributed by atoms with Crippen molar-refractivity contribution in [3.63, 3.8) is 0 Å². The molecule has 1 N–H and O–H groups in total. The van der Waals surface area contributed by atoms with Gasteiger partial charge in [-0.2, -0.15) is 13.2 Å². The first-order chi connectivity index (χ1) is 12.0. The molecule has 0 aliphatic heterocycles. The normalized spacial score (nSPS) is 12.5. The van der Waals surface area contributed by atoms with Crippen LogP contribution >= 0.6 is 11.6 Å². The van der Waals surface area contributed by atoms with Gasteiger partial charge >= 0.3 is 12.1 Å². The third kappa shape index (κ3) is 4.10. The quantitative estimate of drug-likeness (QED) is 0.865. The molecule has 0 fully saturated rings. The summed E-state index contributed by atoms with van der Waals surface area (Å²) in [5, 5.41) is 8.93. The number of benzene rings is 1. The fraction of sp³-hybridized carbons (Fsp3) is 0.250. The van der Waals surface area contributed by atoms with E-state index in [1.54, 1.807) is 0 Å². The van der Waals surface area contributed by atoms with Crippen molar-refractivity contribution in [2.75, 3.05) is 7.05 Å². The molecule has 0 saturated heterocycles. The first-order valence-corrected chi connectivity index (χ1v) is 7.59. The number of halogens is 4. The van der Waals surface area contributed by atoms with Gasteiger partial charge in [0, 0.05) is 30.0 Å². The van der Waals surface area contributed by atoms with Crippen molar-refractivity contribution in [1.82, 2.24) is 14.9 Å². The van der Waals surface area contributed by atoms with Crippen LogP contribution in [0.1, 0.15) is 45.1 Å². The van der Waals surface area contributed by atoms with E-state index in [4.69, 9.17) is 16.7 Å². The average molecular weight is 388 g/mol. The van der Waals surface area contributed by atoms with Gasteiger partial charge in [0.05, 0.1) is 17.3 Å². The first kappa shape index (κ1) is 19.6. The van der Waals surface area contributed by atoms with Crippen LogP contribution < -0.4 is 0 Å². The van der Waals surface area contributed by atoms with Crippen LogP contribution in [0.4, 0.5) is 13.2 Å². The smallest absolute Gasteiger partial charge is 0.416 e. The molecule has 1 atom stereocenters. The van der Waals surface area contributed by atoms with Crippen molar-refractivity contribution < 1.29 is 27.9 Å².